The van der Waals surface area contributed by atoms with Gasteiger partial charge in [-0.2, -0.15) is 0 Å². The number of benzene rings is 2. The molecule has 0 radical (unpaired) electrons. The van der Waals surface area contributed by atoms with Crippen molar-refractivity contribution in [2.45, 2.75) is 50.6 Å². The number of ether oxygens (including phenoxy) is 1. The number of aliphatic carboxylic acids is 1. The van der Waals surface area contributed by atoms with E-state index in [0.29, 0.717) is 12.8 Å². The SMILES string of the molecule is C[C@H](NC(=O)OCC1c2ccccc2-c2ccccc21)C(=O)N[C@@H]1CCC[C@H](C(=O)O)C1. The fraction of sp³-hybridized carbons (Fsp3) is 0.400. The molecule has 3 atom stereocenters. The summed E-state index contributed by atoms with van der Waals surface area (Å²) < 4.78 is 5.49. The van der Waals surface area contributed by atoms with Crippen molar-refractivity contribution >= 4 is 18.0 Å². The minimum absolute atomic E-state index is 0.0486. The van der Waals surface area contributed by atoms with Crippen LogP contribution in [0, 0.1) is 5.92 Å². The van der Waals surface area contributed by atoms with Gasteiger partial charge in [0.05, 0.1) is 5.92 Å². The fourth-order valence-electron chi connectivity index (χ4n) is 4.75. The normalized spacial score (nSPS) is 20.5. The maximum Gasteiger partial charge on any atom is 0.407 e. The van der Waals surface area contributed by atoms with Gasteiger partial charge in [0, 0.05) is 12.0 Å². The van der Waals surface area contributed by atoms with Crippen LogP contribution in [-0.2, 0) is 14.3 Å². The van der Waals surface area contributed by atoms with Crippen LogP contribution in [0.2, 0.25) is 0 Å². The second-order valence-corrected chi connectivity index (χ2v) is 8.60. The molecule has 0 aromatic heterocycles. The van der Waals surface area contributed by atoms with E-state index in [2.05, 4.69) is 22.8 Å². The second-order valence-electron chi connectivity index (χ2n) is 8.60. The van der Waals surface area contributed by atoms with Gasteiger partial charge in [0.2, 0.25) is 5.91 Å². The van der Waals surface area contributed by atoms with E-state index in [9.17, 15) is 19.5 Å². The molecule has 168 valence electrons. The number of hydrogen-bond donors (Lipinski definition) is 3. The van der Waals surface area contributed by atoms with Gasteiger partial charge in [-0.3, -0.25) is 9.59 Å². The summed E-state index contributed by atoms with van der Waals surface area (Å²) in [6, 6.07) is 15.2. The number of amides is 2. The van der Waals surface area contributed by atoms with Gasteiger partial charge in [0.1, 0.15) is 12.6 Å². The van der Waals surface area contributed by atoms with Crippen LogP contribution >= 0.6 is 0 Å². The minimum Gasteiger partial charge on any atom is -0.481 e. The highest BCUT2D eigenvalue weighted by molar-refractivity contribution is 5.85. The number of alkyl carbamates (subject to hydrolysis) is 1. The lowest BCUT2D eigenvalue weighted by molar-refractivity contribution is -0.143. The Kier molecular flexibility index (Phi) is 6.44. The minimum atomic E-state index is -0.825. The molecule has 0 heterocycles. The van der Waals surface area contributed by atoms with E-state index >= 15 is 0 Å². The lowest BCUT2D eigenvalue weighted by Crippen LogP contribution is -2.49. The Morgan fingerprint density at radius 1 is 1.03 bits per heavy atom. The highest BCUT2D eigenvalue weighted by Crippen LogP contribution is 2.44. The lowest BCUT2D eigenvalue weighted by Gasteiger charge is -2.28. The van der Waals surface area contributed by atoms with E-state index in [1.807, 2.05) is 36.4 Å². The van der Waals surface area contributed by atoms with Crippen LogP contribution in [0.4, 0.5) is 4.79 Å². The third-order valence-corrected chi connectivity index (χ3v) is 6.44. The van der Waals surface area contributed by atoms with Crippen LogP contribution in [0.5, 0.6) is 0 Å². The Labute approximate surface area is 187 Å². The Hall–Kier alpha value is -3.35. The van der Waals surface area contributed by atoms with Crippen molar-refractivity contribution in [3.8, 4) is 11.1 Å². The van der Waals surface area contributed by atoms with Gasteiger partial charge in [-0.25, -0.2) is 4.79 Å². The first-order valence-electron chi connectivity index (χ1n) is 11.1. The number of hydrogen-bond acceptors (Lipinski definition) is 4. The number of carboxylic acid groups (broad SMARTS) is 1. The maximum absolute atomic E-state index is 12.5. The smallest absolute Gasteiger partial charge is 0.407 e. The average molecular weight is 437 g/mol. The molecule has 0 bridgehead atoms. The number of carbonyl (C=O) groups excluding carboxylic acids is 2. The van der Waals surface area contributed by atoms with Crippen molar-refractivity contribution in [1.29, 1.82) is 0 Å². The Balaban J connectivity index is 1.30. The summed E-state index contributed by atoms with van der Waals surface area (Å²) in [5, 5.41) is 14.6. The van der Waals surface area contributed by atoms with E-state index in [1.54, 1.807) is 6.92 Å². The number of carbonyl (C=O) groups is 3. The largest absolute Gasteiger partial charge is 0.481 e. The van der Waals surface area contributed by atoms with E-state index in [-0.39, 0.29) is 24.5 Å². The molecule has 7 nitrogen and oxygen atoms in total. The van der Waals surface area contributed by atoms with E-state index < -0.39 is 24.0 Å². The van der Waals surface area contributed by atoms with Crippen molar-refractivity contribution in [2.75, 3.05) is 6.61 Å². The molecule has 7 heteroatoms. The van der Waals surface area contributed by atoms with Crippen LogP contribution in [-0.4, -0.2) is 41.8 Å². The van der Waals surface area contributed by atoms with Crippen LogP contribution in [0.3, 0.4) is 0 Å². The molecule has 32 heavy (non-hydrogen) atoms. The summed E-state index contributed by atoms with van der Waals surface area (Å²) in [5.41, 5.74) is 4.55. The molecule has 2 aromatic carbocycles. The Morgan fingerprint density at radius 2 is 1.66 bits per heavy atom. The third kappa shape index (κ3) is 4.61. The first-order chi connectivity index (χ1) is 15.4. The highest BCUT2D eigenvalue weighted by atomic mass is 16.5. The zero-order chi connectivity index (χ0) is 22.7. The van der Waals surface area contributed by atoms with Crippen molar-refractivity contribution < 1.29 is 24.2 Å². The summed E-state index contributed by atoms with van der Waals surface area (Å²) in [5.74, 6) is -1.64. The zero-order valence-corrected chi connectivity index (χ0v) is 18.0. The van der Waals surface area contributed by atoms with E-state index in [4.69, 9.17) is 4.74 Å². The van der Waals surface area contributed by atoms with E-state index in [0.717, 1.165) is 35.1 Å². The molecule has 0 saturated heterocycles. The van der Waals surface area contributed by atoms with Crippen LogP contribution in [0.1, 0.15) is 49.7 Å². The van der Waals surface area contributed by atoms with Gasteiger partial charge < -0.3 is 20.5 Å². The van der Waals surface area contributed by atoms with Crippen molar-refractivity contribution in [2.24, 2.45) is 5.92 Å². The molecule has 0 spiro atoms. The molecule has 1 fully saturated rings. The van der Waals surface area contributed by atoms with Crippen LogP contribution in [0.25, 0.3) is 11.1 Å². The monoisotopic (exact) mass is 436 g/mol. The Bertz CT molecular complexity index is 975. The fourth-order valence-corrected chi connectivity index (χ4v) is 4.75. The molecule has 0 aliphatic heterocycles. The topological polar surface area (TPSA) is 105 Å². The Morgan fingerprint density at radius 3 is 2.28 bits per heavy atom. The molecule has 0 unspecified atom stereocenters. The van der Waals surface area contributed by atoms with Gasteiger partial charge in [0.25, 0.3) is 0 Å². The predicted octanol–water partition coefficient (Wildman–Crippen LogP) is 3.67. The number of rotatable bonds is 6. The van der Waals surface area contributed by atoms with Crippen molar-refractivity contribution in [3.63, 3.8) is 0 Å². The van der Waals surface area contributed by atoms with Gasteiger partial charge in [-0.05, 0) is 48.4 Å². The standard InChI is InChI=1S/C25H28N2O5/c1-15(23(28)27-17-8-6-7-16(13-17)24(29)30)26-25(31)32-14-22-20-11-4-2-9-18(20)19-10-3-5-12-21(19)22/h2-5,9-12,15-17,22H,6-8,13-14H2,1H3,(H,26,31)(H,27,28)(H,29,30)/t15-,16-,17+/m0/s1. The molecule has 2 aliphatic rings. The molecule has 1 saturated carbocycles. The van der Waals surface area contributed by atoms with Crippen LogP contribution < -0.4 is 10.6 Å². The molecule has 3 N–H and O–H groups in total. The maximum atomic E-state index is 12.5. The number of nitrogens with one attached hydrogen (secondary N) is 2. The van der Waals surface area contributed by atoms with E-state index in [1.165, 1.54) is 0 Å². The first-order valence-corrected chi connectivity index (χ1v) is 11.1. The highest BCUT2D eigenvalue weighted by Gasteiger charge is 2.31. The number of fused-ring (bicyclic) bond motifs is 3. The quantitative estimate of drug-likeness (QED) is 0.641. The van der Waals surface area contributed by atoms with Gasteiger partial charge in [-0.15, -0.1) is 0 Å². The summed E-state index contributed by atoms with van der Waals surface area (Å²) in [6.45, 7) is 1.77. The van der Waals surface area contributed by atoms with Gasteiger partial charge in [0.15, 0.2) is 0 Å². The molecular formula is C25H28N2O5. The average Bonchev–Trinajstić information content (AvgIpc) is 3.11. The zero-order valence-electron chi connectivity index (χ0n) is 18.0. The summed E-state index contributed by atoms with van der Waals surface area (Å²) >= 11 is 0. The second kappa shape index (κ2) is 9.42. The lowest BCUT2D eigenvalue weighted by atomic mass is 9.85. The summed E-state index contributed by atoms with van der Waals surface area (Å²) in [7, 11) is 0. The molecule has 2 aliphatic carbocycles. The molecule has 4 rings (SSSR count). The third-order valence-electron chi connectivity index (χ3n) is 6.44. The molecule has 2 aromatic rings. The number of carboxylic acids is 1. The predicted molar refractivity (Wildman–Crippen MR) is 119 cm³/mol. The van der Waals surface area contributed by atoms with Crippen molar-refractivity contribution in [1.82, 2.24) is 10.6 Å². The van der Waals surface area contributed by atoms with Crippen molar-refractivity contribution in [3.05, 3.63) is 59.7 Å². The summed E-state index contributed by atoms with van der Waals surface area (Å²) in [6.07, 6.45) is 1.90. The first kappa shape index (κ1) is 21.9. The summed E-state index contributed by atoms with van der Waals surface area (Å²) in [4.78, 5) is 36.1. The molecular weight excluding hydrogens is 408 g/mol. The van der Waals surface area contributed by atoms with Crippen LogP contribution in [0.15, 0.2) is 48.5 Å². The van der Waals surface area contributed by atoms with Gasteiger partial charge in [-0.1, -0.05) is 55.0 Å². The molecule has 2 amide bonds. The van der Waals surface area contributed by atoms with Gasteiger partial charge >= 0.3 is 12.1 Å².